The fraction of sp³-hybridized carbons (Fsp3) is 0.429. The SMILES string of the molecule is CC.CN(I)CC(=O)NC1=NN(c2ccc(Cl)c(Cl)c2)CC1. The van der Waals surface area contributed by atoms with Crippen LogP contribution in [-0.2, 0) is 4.79 Å². The van der Waals surface area contributed by atoms with Crippen molar-refractivity contribution in [2.45, 2.75) is 20.3 Å². The Morgan fingerprint density at radius 3 is 2.68 bits per heavy atom. The Morgan fingerprint density at radius 1 is 1.41 bits per heavy atom. The lowest BCUT2D eigenvalue weighted by molar-refractivity contribution is -0.119. The van der Waals surface area contributed by atoms with Gasteiger partial charge in [0.05, 0.1) is 22.3 Å². The Labute approximate surface area is 155 Å². The number of nitrogens with one attached hydrogen (secondary N) is 1. The van der Waals surface area contributed by atoms with Gasteiger partial charge in [-0.1, -0.05) is 37.0 Å². The summed E-state index contributed by atoms with van der Waals surface area (Å²) < 4.78 is 1.78. The van der Waals surface area contributed by atoms with Crippen molar-refractivity contribution in [3.05, 3.63) is 28.2 Å². The molecule has 2 rings (SSSR count). The van der Waals surface area contributed by atoms with Gasteiger partial charge in [-0.3, -0.25) is 9.80 Å². The number of hydrazone groups is 1. The summed E-state index contributed by atoms with van der Waals surface area (Å²) in [6.45, 7) is 5.03. The highest BCUT2D eigenvalue weighted by molar-refractivity contribution is 14.1. The van der Waals surface area contributed by atoms with Crippen molar-refractivity contribution in [2.75, 3.05) is 25.1 Å². The van der Waals surface area contributed by atoms with Gasteiger partial charge in [0, 0.05) is 35.8 Å². The molecule has 1 aromatic rings. The van der Waals surface area contributed by atoms with Gasteiger partial charge >= 0.3 is 0 Å². The minimum Gasteiger partial charge on any atom is -0.312 e. The molecule has 0 atom stereocenters. The van der Waals surface area contributed by atoms with Crippen LogP contribution in [0.4, 0.5) is 5.69 Å². The molecule has 1 heterocycles. The highest BCUT2D eigenvalue weighted by atomic mass is 127. The van der Waals surface area contributed by atoms with E-state index in [1.165, 1.54) is 0 Å². The van der Waals surface area contributed by atoms with E-state index in [9.17, 15) is 4.79 Å². The van der Waals surface area contributed by atoms with Gasteiger partial charge in [0.1, 0.15) is 5.84 Å². The molecular weight excluding hydrogens is 438 g/mol. The molecule has 1 aliphatic heterocycles. The summed E-state index contributed by atoms with van der Waals surface area (Å²) in [5, 5.41) is 9.97. The number of halogens is 3. The number of likely N-dealkylation sites (N-methyl/N-ethyl adjacent to an activating group) is 1. The van der Waals surface area contributed by atoms with Gasteiger partial charge in [-0.2, -0.15) is 5.10 Å². The van der Waals surface area contributed by atoms with Gasteiger partial charge in [0.2, 0.25) is 5.91 Å². The minimum atomic E-state index is -0.0726. The predicted molar refractivity (Wildman–Crippen MR) is 102 cm³/mol. The van der Waals surface area contributed by atoms with Crippen LogP contribution in [0.2, 0.25) is 10.0 Å². The largest absolute Gasteiger partial charge is 0.312 e. The van der Waals surface area contributed by atoms with Crippen LogP contribution in [0.1, 0.15) is 20.3 Å². The first-order valence-corrected chi connectivity index (χ1v) is 8.64. The number of amidine groups is 1. The summed E-state index contributed by atoms with van der Waals surface area (Å²) in [7, 11) is 1.83. The molecule has 0 aromatic heterocycles. The fourth-order valence-electron chi connectivity index (χ4n) is 1.78. The van der Waals surface area contributed by atoms with Crippen molar-refractivity contribution >= 4 is 63.5 Å². The zero-order chi connectivity index (χ0) is 16.7. The van der Waals surface area contributed by atoms with Gasteiger partial charge in [-0.25, -0.2) is 3.11 Å². The second-order valence-electron chi connectivity index (χ2n) is 4.33. The number of hydrogen-bond acceptors (Lipinski definition) is 4. The molecule has 0 aliphatic carbocycles. The van der Waals surface area contributed by atoms with E-state index in [1.54, 1.807) is 20.3 Å². The van der Waals surface area contributed by atoms with Crippen LogP contribution in [-0.4, -0.2) is 35.0 Å². The molecular formula is C14H19Cl2IN4O. The lowest BCUT2D eigenvalue weighted by Gasteiger charge is -2.13. The van der Waals surface area contributed by atoms with E-state index in [1.807, 2.05) is 27.0 Å². The van der Waals surface area contributed by atoms with Crippen molar-refractivity contribution < 1.29 is 4.79 Å². The number of amides is 1. The highest BCUT2D eigenvalue weighted by Crippen LogP contribution is 2.28. The molecule has 1 N–H and O–H groups in total. The third kappa shape index (κ3) is 5.91. The first-order valence-electron chi connectivity index (χ1n) is 6.92. The van der Waals surface area contributed by atoms with Gasteiger partial charge < -0.3 is 5.32 Å². The molecule has 0 fully saturated rings. The Balaban J connectivity index is 0.00000116. The Bertz CT molecular complexity index is 552. The van der Waals surface area contributed by atoms with Gasteiger partial charge in [-0.05, 0) is 25.2 Å². The van der Waals surface area contributed by atoms with E-state index in [2.05, 4.69) is 33.3 Å². The molecule has 1 amide bonds. The average molecular weight is 457 g/mol. The maximum absolute atomic E-state index is 11.7. The number of carbonyl (C=O) groups excluding carboxylic acids is 1. The number of hydrogen-bond donors (Lipinski definition) is 1. The van der Waals surface area contributed by atoms with E-state index in [0.717, 1.165) is 5.69 Å². The maximum Gasteiger partial charge on any atom is 0.240 e. The smallest absolute Gasteiger partial charge is 0.240 e. The van der Waals surface area contributed by atoms with Crippen LogP contribution >= 0.6 is 46.1 Å². The maximum atomic E-state index is 11.7. The molecule has 0 radical (unpaired) electrons. The molecule has 5 nitrogen and oxygen atoms in total. The second-order valence-corrected chi connectivity index (χ2v) is 6.79. The standard InChI is InChI=1S/C12H13Cl2IN4O.C2H6/c1-18(15)7-12(20)16-11-4-5-19(17-11)8-2-3-9(13)10(14)6-8;1-2/h2-3,6H,4-5,7H2,1H3,(H,16,17,20);1-2H3. The van der Waals surface area contributed by atoms with Crippen LogP contribution < -0.4 is 10.3 Å². The zero-order valence-electron chi connectivity index (χ0n) is 12.7. The quantitative estimate of drug-likeness (QED) is 0.553. The molecule has 0 saturated heterocycles. The number of carbonyl (C=O) groups is 1. The van der Waals surface area contributed by atoms with E-state index < -0.39 is 0 Å². The lowest BCUT2D eigenvalue weighted by atomic mass is 10.3. The predicted octanol–water partition coefficient (Wildman–Crippen LogP) is 3.94. The molecule has 8 heteroatoms. The first kappa shape index (κ1) is 19.5. The molecule has 0 bridgehead atoms. The van der Waals surface area contributed by atoms with Crippen LogP contribution in [0, 0.1) is 0 Å². The Morgan fingerprint density at radius 2 is 2.09 bits per heavy atom. The summed E-state index contributed by atoms with van der Waals surface area (Å²) in [5.74, 6) is 0.593. The molecule has 1 aliphatic rings. The molecule has 1 aromatic carbocycles. The van der Waals surface area contributed by atoms with Crippen molar-refractivity contribution in [3.8, 4) is 0 Å². The Kier molecular flexibility index (Phi) is 8.45. The van der Waals surface area contributed by atoms with Crippen molar-refractivity contribution in [2.24, 2.45) is 5.10 Å². The van der Waals surface area contributed by atoms with Crippen molar-refractivity contribution in [1.29, 1.82) is 0 Å². The molecule has 22 heavy (non-hydrogen) atoms. The normalized spacial score (nSPS) is 13.6. The van der Waals surface area contributed by atoms with Crippen LogP contribution in [0.5, 0.6) is 0 Å². The molecule has 0 spiro atoms. The summed E-state index contributed by atoms with van der Waals surface area (Å²) >= 11 is 13.9. The second kappa shape index (κ2) is 9.54. The average Bonchev–Trinajstić information content (AvgIpc) is 2.91. The summed E-state index contributed by atoms with van der Waals surface area (Å²) in [6.07, 6.45) is 0.691. The van der Waals surface area contributed by atoms with E-state index >= 15 is 0 Å². The van der Waals surface area contributed by atoms with Gasteiger partial charge in [-0.15, -0.1) is 0 Å². The lowest BCUT2D eigenvalue weighted by Crippen LogP contribution is -2.35. The van der Waals surface area contributed by atoms with E-state index in [0.29, 0.717) is 35.4 Å². The molecule has 0 unspecified atom stereocenters. The van der Waals surface area contributed by atoms with Crippen LogP contribution in [0.25, 0.3) is 0 Å². The minimum absolute atomic E-state index is 0.0726. The van der Waals surface area contributed by atoms with Gasteiger partial charge in [0.25, 0.3) is 0 Å². The Hall–Kier alpha value is -0.570. The summed E-state index contributed by atoms with van der Waals surface area (Å²) in [6, 6.07) is 5.34. The summed E-state index contributed by atoms with van der Waals surface area (Å²) in [4.78, 5) is 11.7. The number of nitrogens with zero attached hydrogens (tertiary/aromatic N) is 3. The van der Waals surface area contributed by atoms with Crippen molar-refractivity contribution in [1.82, 2.24) is 8.43 Å². The first-order chi connectivity index (χ1) is 10.5. The fourth-order valence-corrected chi connectivity index (χ4v) is 2.38. The van der Waals surface area contributed by atoms with Crippen molar-refractivity contribution in [3.63, 3.8) is 0 Å². The van der Waals surface area contributed by atoms with Crippen LogP contribution in [0.3, 0.4) is 0 Å². The number of anilines is 1. The zero-order valence-corrected chi connectivity index (χ0v) is 16.4. The third-order valence-corrected chi connectivity index (χ3v) is 3.73. The number of rotatable bonds is 3. The monoisotopic (exact) mass is 456 g/mol. The van der Waals surface area contributed by atoms with Gasteiger partial charge in [0.15, 0.2) is 0 Å². The summed E-state index contributed by atoms with van der Waals surface area (Å²) in [5.41, 5.74) is 0.856. The number of benzene rings is 1. The third-order valence-electron chi connectivity index (χ3n) is 2.65. The molecule has 122 valence electrons. The van der Waals surface area contributed by atoms with E-state index in [-0.39, 0.29) is 5.91 Å². The van der Waals surface area contributed by atoms with Crippen LogP contribution in [0.15, 0.2) is 23.3 Å². The topological polar surface area (TPSA) is 47.9 Å². The molecule has 0 saturated carbocycles. The highest BCUT2D eigenvalue weighted by Gasteiger charge is 2.18. The van der Waals surface area contributed by atoms with E-state index in [4.69, 9.17) is 23.2 Å².